The van der Waals surface area contributed by atoms with Gasteiger partial charge in [0.2, 0.25) is 6.29 Å². The van der Waals surface area contributed by atoms with Crippen LogP contribution in [0.3, 0.4) is 0 Å². The maximum Gasteiger partial charge on any atom is 0.337 e. The molecule has 0 aromatic rings. The Bertz CT molecular complexity index is 193. The molecule has 0 unspecified atom stereocenters. The van der Waals surface area contributed by atoms with Crippen LogP contribution in [0.4, 0.5) is 0 Å². The van der Waals surface area contributed by atoms with Gasteiger partial charge in [0, 0.05) is 5.41 Å². The van der Waals surface area contributed by atoms with Crippen molar-refractivity contribution in [3.8, 4) is 0 Å². The summed E-state index contributed by atoms with van der Waals surface area (Å²) in [4.78, 5) is 11.3. The summed E-state index contributed by atoms with van der Waals surface area (Å²) in [5.41, 5.74) is -0.127. The van der Waals surface area contributed by atoms with Crippen molar-refractivity contribution in [3.63, 3.8) is 0 Å². The lowest BCUT2D eigenvalue weighted by Gasteiger charge is -2.23. The smallest absolute Gasteiger partial charge is 0.337 e. The first-order valence-electron chi connectivity index (χ1n) is 4.81. The van der Waals surface area contributed by atoms with Gasteiger partial charge in [-0.2, -0.15) is 0 Å². The maximum atomic E-state index is 11.3. The quantitative estimate of drug-likeness (QED) is 0.619. The van der Waals surface area contributed by atoms with Crippen LogP contribution in [0.2, 0.25) is 0 Å². The molecule has 3 nitrogen and oxygen atoms in total. The molecule has 0 amide bonds. The normalized spacial score (nSPS) is 29.1. The second-order valence-electron chi connectivity index (χ2n) is 4.55. The minimum absolute atomic E-state index is 0.127. The average Bonchev–Trinajstić information content (AvgIpc) is 2.32. The van der Waals surface area contributed by atoms with Gasteiger partial charge in [0.1, 0.15) is 0 Å². The second-order valence-corrected chi connectivity index (χ2v) is 4.55. The van der Waals surface area contributed by atoms with Crippen molar-refractivity contribution in [3.05, 3.63) is 0 Å². The SMILES string of the molecule is CCC[C@@H]1O[C@@H](C(C)(C)C)OC1=O. The number of carbonyl (C=O) groups excluding carboxylic acids is 1. The summed E-state index contributed by atoms with van der Waals surface area (Å²) in [7, 11) is 0. The van der Waals surface area contributed by atoms with Crippen LogP contribution in [0.25, 0.3) is 0 Å². The third kappa shape index (κ3) is 2.44. The highest BCUT2D eigenvalue weighted by atomic mass is 16.8. The molecule has 1 heterocycles. The third-order valence-corrected chi connectivity index (χ3v) is 2.03. The molecular formula is C10H18O3. The van der Waals surface area contributed by atoms with Crippen LogP contribution in [0.5, 0.6) is 0 Å². The van der Waals surface area contributed by atoms with E-state index in [0.29, 0.717) is 0 Å². The minimum Gasteiger partial charge on any atom is -0.433 e. The van der Waals surface area contributed by atoms with E-state index in [2.05, 4.69) is 0 Å². The molecule has 0 radical (unpaired) electrons. The standard InChI is InChI=1S/C10H18O3/c1-5-6-7-8(11)13-9(12-7)10(2,3)4/h7,9H,5-6H2,1-4H3/t7-,9+/m0/s1. The van der Waals surface area contributed by atoms with Crippen LogP contribution in [-0.4, -0.2) is 18.4 Å². The number of esters is 1. The lowest BCUT2D eigenvalue weighted by atomic mass is 9.96. The monoisotopic (exact) mass is 186 g/mol. The molecule has 0 bridgehead atoms. The molecule has 0 N–H and O–H groups in total. The Morgan fingerprint density at radius 2 is 2.00 bits per heavy atom. The molecule has 1 aliphatic rings. The Balaban J connectivity index is 2.55. The van der Waals surface area contributed by atoms with E-state index in [1.54, 1.807) is 0 Å². The average molecular weight is 186 g/mol. The van der Waals surface area contributed by atoms with Gasteiger partial charge in [-0.15, -0.1) is 0 Å². The molecule has 0 spiro atoms. The molecule has 13 heavy (non-hydrogen) atoms. The zero-order valence-electron chi connectivity index (χ0n) is 8.79. The van der Waals surface area contributed by atoms with Gasteiger partial charge < -0.3 is 9.47 Å². The molecule has 76 valence electrons. The Hall–Kier alpha value is -0.570. The zero-order valence-corrected chi connectivity index (χ0v) is 8.79. The first-order valence-corrected chi connectivity index (χ1v) is 4.81. The van der Waals surface area contributed by atoms with Crippen molar-refractivity contribution in [1.29, 1.82) is 0 Å². The zero-order chi connectivity index (χ0) is 10.1. The van der Waals surface area contributed by atoms with Crippen LogP contribution >= 0.6 is 0 Å². The van der Waals surface area contributed by atoms with E-state index < -0.39 is 0 Å². The first kappa shape index (κ1) is 10.5. The van der Waals surface area contributed by atoms with Crippen molar-refractivity contribution in [2.24, 2.45) is 5.41 Å². The summed E-state index contributed by atoms with van der Waals surface area (Å²) in [5, 5.41) is 0. The van der Waals surface area contributed by atoms with Gasteiger partial charge >= 0.3 is 5.97 Å². The molecule has 0 aliphatic carbocycles. The van der Waals surface area contributed by atoms with E-state index >= 15 is 0 Å². The highest BCUT2D eigenvalue weighted by molar-refractivity contribution is 5.76. The highest BCUT2D eigenvalue weighted by Crippen LogP contribution is 2.30. The van der Waals surface area contributed by atoms with Gasteiger partial charge in [-0.1, -0.05) is 34.1 Å². The Kier molecular flexibility index (Phi) is 2.96. The largest absolute Gasteiger partial charge is 0.433 e. The number of ether oxygens (including phenoxy) is 2. The summed E-state index contributed by atoms with van der Waals surface area (Å²) in [6.45, 7) is 8.03. The number of cyclic esters (lactones) is 1. The molecule has 1 aliphatic heterocycles. The van der Waals surface area contributed by atoms with Gasteiger partial charge in [0.15, 0.2) is 6.10 Å². The molecule has 1 rings (SSSR count). The number of carbonyl (C=O) groups is 1. The fourth-order valence-corrected chi connectivity index (χ4v) is 1.24. The van der Waals surface area contributed by atoms with Gasteiger partial charge in [-0.3, -0.25) is 0 Å². The van der Waals surface area contributed by atoms with Crippen molar-refractivity contribution < 1.29 is 14.3 Å². The number of hydrogen-bond donors (Lipinski definition) is 0. The fraction of sp³-hybridized carbons (Fsp3) is 0.900. The lowest BCUT2D eigenvalue weighted by molar-refractivity contribution is -0.154. The van der Waals surface area contributed by atoms with Crippen LogP contribution in [0, 0.1) is 5.41 Å². The summed E-state index contributed by atoms with van der Waals surface area (Å²) >= 11 is 0. The van der Waals surface area contributed by atoms with E-state index in [1.165, 1.54) is 0 Å². The van der Waals surface area contributed by atoms with E-state index in [9.17, 15) is 4.79 Å². The Morgan fingerprint density at radius 1 is 1.38 bits per heavy atom. The minimum atomic E-state index is -0.378. The fourth-order valence-electron chi connectivity index (χ4n) is 1.24. The molecular weight excluding hydrogens is 168 g/mol. The highest BCUT2D eigenvalue weighted by Gasteiger charge is 2.40. The Labute approximate surface area is 79.4 Å². The van der Waals surface area contributed by atoms with Crippen molar-refractivity contribution >= 4 is 5.97 Å². The predicted molar refractivity (Wildman–Crippen MR) is 49.1 cm³/mol. The molecule has 3 heteroatoms. The maximum absolute atomic E-state index is 11.3. The molecule has 1 saturated heterocycles. The van der Waals surface area contributed by atoms with E-state index in [0.717, 1.165) is 12.8 Å². The first-order chi connectivity index (χ1) is 5.95. The van der Waals surface area contributed by atoms with Gasteiger partial charge in [-0.25, -0.2) is 4.79 Å². The summed E-state index contributed by atoms with van der Waals surface area (Å²) in [5.74, 6) is -0.207. The number of rotatable bonds is 2. The van der Waals surface area contributed by atoms with Crippen molar-refractivity contribution in [1.82, 2.24) is 0 Å². The van der Waals surface area contributed by atoms with E-state index in [1.807, 2.05) is 27.7 Å². The molecule has 0 aromatic heterocycles. The predicted octanol–water partition coefficient (Wildman–Crippen LogP) is 2.10. The van der Waals surface area contributed by atoms with Gasteiger partial charge in [0.25, 0.3) is 0 Å². The summed E-state index contributed by atoms with van der Waals surface area (Å²) in [6, 6.07) is 0. The van der Waals surface area contributed by atoms with Crippen LogP contribution in [0.15, 0.2) is 0 Å². The lowest BCUT2D eigenvalue weighted by Crippen LogP contribution is -2.27. The topological polar surface area (TPSA) is 35.5 Å². The summed E-state index contributed by atoms with van der Waals surface area (Å²) in [6.07, 6.45) is 0.980. The summed E-state index contributed by atoms with van der Waals surface area (Å²) < 4.78 is 10.6. The Morgan fingerprint density at radius 3 is 2.38 bits per heavy atom. The van der Waals surface area contributed by atoms with Crippen LogP contribution < -0.4 is 0 Å². The molecule has 1 fully saturated rings. The van der Waals surface area contributed by atoms with Crippen molar-refractivity contribution in [2.45, 2.75) is 52.9 Å². The second kappa shape index (κ2) is 3.66. The number of hydrogen-bond acceptors (Lipinski definition) is 3. The van der Waals surface area contributed by atoms with Crippen LogP contribution in [-0.2, 0) is 14.3 Å². The van der Waals surface area contributed by atoms with Gasteiger partial charge in [0.05, 0.1) is 0 Å². The molecule has 0 aromatic carbocycles. The van der Waals surface area contributed by atoms with E-state index in [-0.39, 0.29) is 23.8 Å². The van der Waals surface area contributed by atoms with Crippen LogP contribution in [0.1, 0.15) is 40.5 Å². The van der Waals surface area contributed by atoms with E-state index in [4.69, 9.17) is 9.47 Å². The molecule has 2 atom stereocenters. The van der Waals surface area contributed by atoms with Gasteiger partial charge in [-0.05, 0) is 6.42 Å². The molecule has 0 saturated carbocycles. The third-order valence-electron chi connectivity index (χ3n) is 2.03. The van der Waals surface area contributed by atoms with Crippen molar-refractivity contribution in [2.75, 3.05) is 0 Å².